The second-order valence-corrected chi connectivity index (χ2v) is 19.6. The van der Waals surface area contributed by atoms with Crippen LogP contribution in [0.2, 0.25) is 5.02 Å². The maximum absolute atomic E-state index is 12.5. The third-order valence-corrected chi connectivity index (χ3v) is 15.0. The summed E-state index contributed by atoms with van der Waals surface area (Å²) >= 11 is 6.23. The Morgan fingerprint density at radius 2 is 1.74 bits per heavy atom. The lowest BCUT2D eigenvalue weighted by molar-refractivity contribution is 0.0991. The van der Waals surface area contributed by atoms with Crippen molar-refractivity contribution in [3.8, 4) is 17.7 Å². The molecule has 1 saturated carbocycles. The van der Waals surface area contributed by atoms with E-state index in [9.17, 15) is 15.2 Å². The van der Waals surface area contributed by atoms with Crippen LogP contribution in [-0.2, 0) is 13.0 Å². The molecule has 16 nitrogen and oxygen atoms in total. The number of hydrogen-bond donors (Lipinski definition) is 3. The van der Waals surface area contributed by atoms with Gasteiger partial charge in [-0.25, -0.2) is 9.97 Å². The normalized spacial score (nSPS) is 20.9. The number of hydrogen-bond acceptors (Lipinski definition) is 14. The Bertz CT molecular complexity index is 2530. The van der Waals surface area contributed by atoms with Crippen LogP contribution >= 0.6 is 11.6 Å². The van der Waals surface area contributed by atoms with Gasteiger partial charge in [-0.3, -0.25) is 4.79 Å². The van der Waals surface area contributed by atoms with Gasteiger partial charge in [-0.2, -0.15) is 14.9 Å². The van der Waals surface area contributed by atoms with Crippen molar-refractivity contribution < 1.29 is 19.4 Å². The number of nitrogens with zero attached hydrogens (tertiary/aromatic N) is 10. The number of ether oxygens (including phenoxy) is 2. The number of aryl methyl sites for hydroxylation is 1. The number of carbonyl (C=O) groups is 1. The number of halogens is 1. The fraction of sp³-hybridized carbons (Fsp3) is 0.549. The largest absolute Gasteiger partial charge is 0.490 e. The highest BCUT2D eigenvalue weighted by Gasteiger charge is 2.31. The van der Waals surface area contributed by atoms with Crippen molar-refractivity contribution in [1.29, 1.82) is 5.26 Å². The highest BCUT2D eigenvalue weighted by molar-refractivity contribution is 6.31. The van der Waals surface area contributed by atoms with Crippen LogP contribution in [-0.4, -0.2) is 110 Å². The third-order valence-electron chi connectivity index (χ3n) is 14.7. The first-order valence-corrected chi connectivity index (χ1v) is 25.2. The van der Waals surface area contributed by atoms with Crippen LogP contribution in [0, 0.1) is 23.2 Å². The Hall–Kier alpha value is -5.76. The summed E-state index contributed by atoms with van der Waals surface area (Å²) in [6, 6.07) is 15.7. The Balaban J connectivity index is 0.707. The molecule has 7 heterocycles. The average Bonchev–Trinajstić information content (AvgIpc) is 3.80. The van der Waals surface area contributed by atoms with Gasteiger partial charge in [0.2, 0.25) is 5.88 Å². The highest BCUT2D eigenvalue weighted by atomic mass is 35.5. The predicted octanol–water partition coefficient (Wildman–Crippen LogP) is 7.57. The van der Waals surface area contributed by atoms with Crippen molar-refractivity contribution in [2.75, 3.05) is 67.6 Å². The van der Waals surface area contributed by atoms with Crippen LogP contribution in [0.3, 0.4) is 0 Å². The van der Waals surface area contributed by atoms with E-state index in [1.165, 1.54) is 6.42 Å². The number of amides is 1. The molecule has 0 bridgehead atoms. The quantitative estimate of drug-likeness (QED) is 0.0826. The summed E-state index contributed by atoms with van der Waals surface area (Å²) in [6.45, 7) is 9.55. The summed E-state index contributed by atoms with van der Waals surface area (Å²) in [7, 11) is 0. The highest BCUT2D eigenvalue weighted by Crippen LogP contribution is 2.38. The molecule has 0 spiro atoms. The second kappa shape index (κ2) is 22.1. The zero-order valence-corrected chi connectivity index (χ0v) is 40.0. The summed E-state index contributed by atoms with van der Waals surface area (Å²) < 4.78 is 14.4. The SMILES string of the molecule is CCc1cnn2c(NCc3ccc(OCC4CCN(CC5CCN(c6cc(C7CCC(Oc8ccc(C#N)c(Cl)c8)CC7)c(C(N)=O)nn6)CC5)CC4)nc3)cc(N3CCCC[C@H]3CCO)nc12. The Morgan fingerprint density at radius 1 is 0.926 bits per heavy atom. The summed E-state index contributed by atoms with van der Waals surface area (Å²) in [4.78, 5) is 29.5. The van der Waals surface area contributed by atoms with Gasteiger partial charge in [-0.1, -0.05) is 24.6 Å². The van der Waals surface area contributed by atoms with Crippen LogP contribution in [0.4, 0.5) is 17.5 Å². The summed E-state index contributed by atoms with van der Waals surface area (Å²) in [5.41, 5.74) is 10.4. The lowest BCUT2D eigenvalue weighted by Gasteiger charge is -2.38. The van der Waals surface area contributed by atoms with Gasteiger partial charge in [-0.05, 0) is 144 Å². The molecule has 1 aromatic carbocycles. The first-order valence-electron chi connectivity index (χ1n) is 24.8. The number of nitriles is 1. The Labute approximate surface area is 404 Å². The maximum atomic E-state index is 12.5. The van der Waals surface area contributed by atoms with Crippen LogP contribution < -0.4 is 30.3 Å². The van der Waals surface area contributed by atoms with E-state index < -0.39 is 5.91 Å². The molecular formula is C51H65ClN12O4. The molecular weight excluding hydrogens is 880 g/mol. The fourth-order valence-electron chi connectivity index (χ4n) is 10.7. The van der Waals surface area contributed by atoms with Gasteiger partial charge in [-0.15, -0.1) is 10.2 Å². The number of fused-ring (bicyclic) bond motifs is 1. The first kappa shape index (κ1) is 47.3. The molecule has 360 valence electrons. The number of piperidine rings is 3. The molecule has 17 heteroatoms. The smallest absolute Gasteiger partial charge is 0.269 e. The number of nitrogens with two attached hydrogens (primary N) is 1. The minimum absolute atomic E-state index is 0.0200. The molecule has 68 heavy (non-hydrogen) atoms. The van der Waals surface area contributed by atoms with Crippen LogP contribution in [0.15, 0.2) is 54.9 Å². The topological polar surface area (TPSA) is 196 Å². The molecule has 3 aliphatic heterocycles. The van der Waals surface area contributed by atoms with E-state index in [4.69, 9.17) is 31.8 Å². The maximum Gasteiger partial charge on any atom is 0.269 e. The van der Waals surface area contributed by atoms with Crippen LogP contribution in [0.1, 0.15) is 123 Å². The van der Waals surface area contributed by atoms with E-state index in [-0.39, 0.29) is 30.4 Å². The number of anilines is 3. The van der Waals surface area contributed by atoms with Crippen LogP contribution in [0.25, 0.3) is 5.65 Å². The van der Waals surface area contributed by atoms with Crippen molar-refractivity contribution in [1.82, 2.24) is 34.7 Å². The number of primary amides is 1. The van der Waals surface area contributed by atoms with Gasteiger partial charge in [0, 0.05) is 75.3 Å². The number of likely N-dealkylation sites (tertiary alicyclic amines) is 1. The predicted molar refractivity (Wildman–Crippen MR) is 263 cm³/mol. The molecule has 4 fully saturated rings. The minimum Gasteiger partial charge on any atom is -0.490 e. The van der Waals surface area contributed by atoms with Gasteiger partial charge >= 0.3 is 0 Å². The molecule has 1 atom stereocenters. The molecule has 3 saturated heterocycles. The number of nitrogens with one attached hydrogen (secondary N) is 1. The van der Waals surface area contributed by atoms with Gasteiger partial charge in [0.25, 0.3) is 5.91 Å². The van der Waals surface area contributed by atoms with Crippen molar-refractivity contribution in [2.24, 2.45) is 17.6 Å². The summed E-state index contributed by atoms with van der Waals surface area (Å²) in [5, 5.41) is 36.5. The molecule has 9 rings (SSSR count). The molecule has 0 unspecified atom stereocenters. The summed E-state index contributed by atoms with van der Waals surface area (Å²) in [5.74, 6) is 4.66. The lowest BCUT2D eigenvalue weighted by Crippen LogP contribution is -2.42. The molecule has 0 radical (unpaired) electrons. The lowest BCUT2D eigenvalue weighted by atomic mass is 9.82. The van der Waals surface area contributed by atoms with Crippen molar-refractivity contribution in [2.45, 2.75) is 115 Å². The van der Waals surface area contributed by atoms with Crippen LogP contribution in [0.5, 0.6) is 11.6 Å². The van der Waals surface area contributed by atoms with Gasteiger partial charge in [0.15, 0.2) is 17.2 Å². The van der Waals surface area contributed by atoms with E-state index in [0.717, 1.165) is 156 Å². The monoisotopic (exact) mass is 944 g/mol. The van der Waals surface area contributed by atoms with Gasteiger partial charge in [0.1, 0.15) is 23.5 Å². The van der Waals surface area contributed by atoms with E-state index in [2.05, 4.69) is 71.5 Å². The number of benzene rings is 1. The van der Waals surface area contributed by atoms with E-state index in [1.54, 1.807) is 18.2 Å². The fourth-order valence-corrected chi connectivity index (χ4v) is 10.9. The Morgan fingerprint density at radius 3 is 2.46 bits per heavy atom. The third kappa shape index (κ3) is 11.2. The van der Waals surface area contributed by atoms with Gasteiger partial charge in [0.05, 0.1) is 29.5 Å². The number of pyridine rings is 1. The number of aliphatic hydroxyl groups excluding tert-OH is 1. The van der Waals surface area contributed by atoms with Gasteiger partial charge < -0.3 is 40.3 Å². The zero-order chi connectivity index (χ0) is 47.0. The number of aromatic nitrogens is 6. The Kier molecular flexibility index (Phi) is 15.4. The van der Waals surface area contributed by atoms with E-state index in [1.807, 2.05) is 23.0 Å². The molecule has 4 N–H and O–H groups in total. The molecule has 5 aromatic rings. The van der Waals surface area contributed by atoms with Crippen molar-refractivity contribution in [3.63, 3.8) is 0 Å². The van der Waals surface area contributed by atoms with Crippen molar-refractivity contribution >= 4 is 40.6 Å². The number of aliphatic hydroxyl groups is 1. The minimum atomic E-state index is -0.547. The number of rotatable bonds is 17. The zero-order valence-electron chi connectivity index (χ0n) is 39.2. The standard InChI is InChI=1S/C51H65ClN12O4/c1-2-37-31-57-64-45(27-46(58-51(37)64)63-19-4-3-5-40(63)18-24-65)55-29-36-6-13-48(56-30-36)67-33-35-14-20-61(21-15-35)32-34-16-22-62(23-17-34)47-26-43(49(50(54)66)60-59-47)38-7-10-41(11-8-38)68-42-12-9-39(28-53)44(52)25-42/h6,9,12-13,25-27,30-31,34-35,38,40-41,55,65H,2-5,7-8,10-11,14-24,29,32-33H2,1H3,(H2,54,66)/t38?,40-,41?/m0/s1. The van der Waals surface area contributed by atoms with Crippen molar-refractivity contribution in [3.05, 3.63) is 87.8 Å². The van der Waals surface area contributed by atoms with E-state index in [0.29, 0.717) is 47.2 Å². The molecule has 1 amide bonds. The average molecular weight is 946 g/mol. The number of carbonyl (C=O) groups excluding carboxylic acids is 1. The second-order valence-electron chi connectivity index (χ2n) is 19.2. The molecule has 1 aliphatic carbocycles. The molecule has 4 aliphatic rings. The molecule has 4 aromatic heterocycles. The van der Waals surface area contributed by atoms with E-state index >= 15 is 0 Å². The summed E-state index contributed by atoms with van der Waals surface area (Å²) in [6.07, 6.45) is 16.5. The first-order chi connectivity index (χ1) is 33.2.